The molecular formula is C19H17I2O5S-. The van der Waals surface area contributed by atoms with Crippen LogP contribution >= 0.6 is 45.2 Å². The standard InChI is InChI=1S/C19H18I2O5S/c20-14-7-8-16(21)17(11-14)26-19(22)13-6-9-18(27(23,24)25)15(10-13)12-4-2-1-3-5-12/h6-12H,1-5H2,(H,23,24,25)/p-1. The van der Waals surface area contributed by atoms with Crippen LogP contribution in [0.4, 0.5) is 0 Å². The molecule has 0 spiro atoms. The number of carbonyl (C=O) groups excluding carboxylic acids is 1. The Kier molecular flexibility index (Phi) is 6.80. The van der Waals surface area contributed by atoms with Crippen LogP contribution in [0, 0.1) is 7.14 Å². The topological polar surface area (TPSA) is 83.5 Å². The SMILES string of the molecule is O=C(Oc1cc(I)ccc1I)c1ccc(S(=O)(=O)[O-])c(C2CCCCC2)c1. The van der Waals surface area contributed by atoms with Gasteiger partial charge in [0.25, 0.3) is 0 Å². The maximum absolute atomic E-state index is 12.6. The zero-order valence-electron chi connectivity index (χ0n) is 14.3. The second-order valence-corrected chi connectivity index (χ2v) is 10.3. The Morgan fingerprint density at radius 3 is 2.41 bits per heavy atom. The lowest BCUT2D eigenvalue weighted by Crippen LogP contribution is -2.15. The van der Waals surface area contributed by atoms with Crippen LogP contribution in [-0.2, 0) is 10.1 Å². The van der Waals surface area contributed by atoms with Crippen molar-refractivity contribution in [1.82, 2.24) is 0 Å². The van der Waals surface area contributed by atoms with Gasteiger partial charge in [-0.2, -0.15) is 0 Å². The van der Waals surface area contributed by atoms with Gasteiger partial charge in [-0.05, 0) is 106 Å². The van der Waals surface area contributed by atoms with Gasteiger partial charge in [0.1, 0.15) is 15.9 Å². The van der Waals surface area contributed by atoms with Crippen LogP contribution in [0.1, 0.15) is 53.9 Å². The summed E-state index contributed by atoms with van der Waals surface area (Å²) >= 11 is 4.22. The zero-order valence-corrected chi connectivity index (χ0v) is 19.4. The molecule has 0 aromatic heterocycles. The summed E-state index contributed by atoms with van der Waals surface area (Å²) in [4.78, 5) is 12.4. The predicted molar refractivity (Wildman–Crippen MR) is 117 cm³/mol. The van der Waals surface area contributed by atoms with Crippen LogP contribution in [-0.4, -0.2) is 18.9 Å². The molecule has 1 fully saturated rings. The average molecular weight is 611 g/mol. The number of carbonyl (C=O) groups is 1. The Hall–Kier alpha value is -0.720. The number of esters is 1. The highest BCUT2D eigenvalue weighted by Gasteiger charge is 2.23. The van der Waals surface area contributed by atoms with Crippen molar-refractivity contribution in [2.75, 3.05) is 0 Å². The van der Waals surface area contributed by atoms with Gasteiger partial charge in [0.05, 0.1) is 14.0 Å². The van der Waals surface area contributed by atoms with Crippen molar-refractivity contribution in [1.29, 1.82) is 0 Å². The van der Waals surface area contributed by atoms with Gasteiger partial charge in [-0.15, -0.1) is 0 Å². The van der Waals surface area contributed by atoms with E-state index >= 15 is 0 Å². The van der Waals surface area contributed by atoms with Gasteiger partial charge in [0, 0.05) is 3.57 Å². The maximum Gasteiger partial charge on any atom is 0.343 e. The molecule has 2 aromatic carbocycles. The minimum Gasteiger partial charge on any atom is -0.744 e. The van der Waals surface area contributed by atoms with Crippen molar-refractivity contribution in [3.05, 3.63) is 54.7 Å². The fourth-order valence-electron chi connectivity index (χ4n) is 3.35. The van der Waals surface area contributed by atoms with Crippen LogP contribution in [0.15, 0.2) is 41.3 Å². The smallest absolute Gasteiger partial charge is 0.343 e. The van der Waals surface area contributed by atoms with Crippen molar-refractivity contribution < 1.29 is 22.5 Å². The van der Waals surface area contributed by atoms with Gasteiger partial charge in [-0.1, -0.05) is 19.3 Å². The molecule has 27 heavy (non-hydrogen) atoms. The minimum atomic E-state index is -4.60. The van der Waals surface area contributed by atoms with Crippen LogP contribution in [0.5, 0.6) is 5.75 Å². The number of halogens is 2. The Bertz CT molecular complexity index is 966. The second kappa shape index (κ2) is 8.75. The average Bonchev–Trinajstić information content (AvgIpc) is 2.64. The summed E-state index contributed by atoms with van der Waals surface area (Å²) in [6.07, 6.45) is 4.70. The van der Waals surface area contributed by atoms with Gasteiger partial charge in [-0.25, -0.2) is 13.2 Å². The van der Waals surface area contributed by atoms with E-state index in [0.717, 1.165) is 39.2 Å². The van der Waals surface area contributed by atoms with Crippen LogP contribution in [0.2, 0.25) is 0 Å². The number of hydrogen-bond donors (Lipinski definition) is 0. The summed E-state index contributed by atoms with van der Waals surface area (Å²) in [5.74, 6) is -0.142. The van der Waals surface area contributed by atoms with Crippen molar-refractivity contribution >= 4 is 61.3 Å². The molecule has 0 unspecified atom stereocenters. The first-order chi connectivity index (χ1) is 12.8. The van der Waals surface area contributed by atoms with Crippen molar-refractivity contribution in [2.45, 2.75) is 42.9 Å². The van der Waals surface area contributed by atoms with Crippen molar-refractivity contribution in [3.8, 4) is 5.75 Å². The fraction of sp³-hybridized carbons (Fsp3) is 0.316. The monoisotopic (exact) mass is 611 g/mol. The summed E-state index contributed by atoms with van der Waals surface area (Å²) in [6, 6.07) is 9.63. The van der Waals surface area contributed by atoms with E-state index in [4.69, 9.17) is 4.74 Å². The maximum atomic E-state index is 12.6. The van der Waals surface area contributed by atoms with E-state index in [1.807, 2.05) is 12.1 Å². The number of benzene rings is 2. The highest BCUT2D eigenvalue weighted by molar-refractivity contribution is 14.1. The Morgan fingerprint density at radius 2 is 1.74 bits per heavy atom. The first-order valence-corrected chi connectivity index (χ1v) is 12.1. The quantitative estimate of drug-likeness (QED) is 0.209. The molecule has 144 valence electrons. The van der Waals surface area contributed by atoms with E-state index in [1.165, 1.54) is 18.2 Å². The zero-order chi connectivity index (χ0) is 19.6. The minimum absolute atomic E-state index is 0.0250. The molecule has 0 bridgehead atoms. The van der Waals surface area contributed by atoms with Gasteiger partial charge in [0.15, 0.2) is 0 Å². The summed E-state index contributed by atoms with van der Waals surface area (Å²) in [5, 5.41) is 0. The third kappa shape index (κ3) is 5.21. The highest BCUT2D eigenvalue weighted by Crippen LogP contribution is 2.36. The molecule has 0 saturated heterocycles. The molecule has 1 aliphatic rings. The summed E-state index contributed by atoms with van der Waals surface area (Å²) in [7, 11) is -4.60. The Balaban J connectivity index is 1.96. The van der Waals surface area contributed by atoms with E-state index in [1.54, 1.807) is 6.07 Å². The van der Waals surface area contributed by atoms with E-state index in [-0.39, 0.29) is 16.4 Å². The summed E-state index contributed by atoms with van der Waals surface area (Å²) < 4.78 is 42.3. The summed E-state index contributed by atoms with van der Waals surface area (Å²) in [6.45, 7) is 0. The Morgan fingerprint density at radius 1 is 1.04 bits per heavy atom. The van der Waals surface area contributed by atoms with Crippen LogP contribution < -0.4 is 4.74 Å². The van der Waals surface area contributed by atoms with Crippen molar-refractivity contribution in [2.24, 2.45) is 0 Å². The van der Waals surface area contributed by atoms with E-state index in [9.17, 15) is 17.8 Å². The second-order valence-electron chi connectivity index (χ2n) is 6.51. The molecule has 0 heterocycles. The van der Waals surface area contributed by atoms with Gasteiger partial charge < -0.3 is 9.29 Å². The Labute approximate surface area is 185 Å². The van der Waals surface area contributed by atoms with Crippen molar-refractivity contribution in [3.63, 3.8) is 0 Å². The number of rotatable bonds is 4. The van der Waals surface area contributed by atoms with Gasteiger partial charge in [0.2, 0.25) is 0 Å². The third-order valence-corrected chi connectivity index (χ3v) is 7.13. The van der Waals surface area contributed by atoms with Gasteiger partial charge >= 0.3 is 5.97 Å². The molecule has 0 atom stereocenters. The lowest BCUT2D eigenvalue weighted by Gasteiger charge is -2.25. The molecule has 0 N–H and O–H groups in total. The van der Waals surface area contributed by atoms with E-state index < -0.39 is 16.1 Å². The van der Waals surface area contributed by atoms with E-state index in [2.05, 4.69) is 45.2 Å². The molecule has 3 rings (SSSR count). The molecule has 8 heteroatoms. The predicted octanol–water partition coefficient (Wildman–Crippen LogP) is 5.07. The first kappa shape index (κ1) is 21.0. The molecule has 5 nitrogen and oxygen atoms in total. The number of hydrogen-bond acceptors (Lipinski definition) is 5. The normalized spacial score (nSPS) is 15.5. The lowest BCUT2D eigenvalue weighted by atomic mass is 9.83. The van der Waals surface area contributed by atoms with Crippen LogP contribution in [0.25, 0.3) is 0 Å². The number of ether oxygens (including phenoxy) is 1. The third-order valence-electron chi connectivity index (χ3n) is 4.66. The molecule has 1 aliphatic carbocycles. The van der Waals surface area contributed by atoms with E-state index in [0.29, 0.717) is 11.3 Å². The largest absolute Gasteiger partial charge is 0.744 e. The first-order valence-electron chi connectivity index (χ1n) is 8.53. The molecule has 1 saturated carbocycles. The fourth-order valence-corrected chi connectivity index (χ4v) is 5.01. The van der Waals surface area contributed by atoms with Gasteiger partial charge in [-0.3, -0.25) is 0 Å². The lowest BCUT2D eigenvalue weighted by molar-refractivity contribution is 0.0733. The molecule has 0 radical (unpaired) electrons. The molecule has 0 aliphatic heterocycles. The molecular weight excluding hydrogens is 594 g/mol. The molecule has 0 amide bonds. The molecule has 2 aromatic rings. The van der Waals surface area contributed by atoms with Crippen LogP contribution in [0.3, 0.4) is 0 Å². The highest BCUT2D eigenvalue weighted by atomic mass is 127. The summed E-state index contributed by atoms with van der Waals surface area (Å²) in [5.41, 5.74) is 0.689.